The Labute approximate surface area is 204 Å². The van der Waals surface area contributed by atoms with Gasteiger partial charge in [-0.25, -0.2) is 22.9 Å². The lowest BCUT2D eigenvalue weighted by Crippen LogP contribution is -2.38. The molecular formula is C22H26FIN4O3S. The first-order valence-electron chi connectivity index (χ1n) is 9.72. The highest BCUT2D eigenvalue weighted by atomic mass is 127. The van der Waals surface area contributed by atoms with Gasteiger partial charge in [0.05, 0.1) is 17.7 Å². The fourth-order valence-electron chi connectivity index (χ4n) is 2.82. The number of nitrogens with one attached hydrogen (secondary N) is 2. The number of guanidine groups is 1. The molecule has 0 saturated heterocycles. The molecule has 0 fully saturated rings. The van der Waals surface area contributed by atoms with Crippen molar-refractivity contribution in [3.8, 4) is 0 Å². The van der Waals surface area contributed by atoms with Crippen molar-refractivity contribution in [3.63, 3.8) is 0 Å². The second-order valence-corrected chi connectivity index (χ2v) is 8.61. The van der Waals surface area contributed by atoms with E-state index in [-0.39, 0.29) is 34.7 Å². The minimum absolute atomic E-state index is 0. The number of nitrogens with zero attached hydrogens (tertiary/aromatic N) is 1. The van der Waals surface area contributed by atoms with Crippen LogP contribution in [-0.2, 0) is 29.5 Å². The third-order valence-corrected chi connectivity index (χ3v) is 5.54. The van der Waals surface area contributed by atoms with E-state index < -0.39 is 10.0 Å². The molecule has 0 bridgehead atoms. The summed E-state index contributed by atoms with van der Waals surface area (Å²) in [5.74, 6) is 1.14. The number of benzene rings is 2. The monoisotopic (exact) mass is 572 g/mol. The zero-order valence-electron chi connectivity index (χ0n) is 17.5. The summed E-state index contributed by atoms with van der Waals surface area (Å²) in [5.41, 5.74) is 2.20. The zero-order valence-corrected chi connectivity index (χ0v) is 20.7. The zero-order chi connectivity index (χ0) is 22.3. The third kappa shape index (κ3) is 7.92. The number of aliphatic imine (C=N–C) groups is 1. The van der Waals surface area contributed by atoms with E-state index in [0.29, 0.717) is 37.6 Å². The van der Waals surface area contributed by atoms with E-state index >= 15 is 0 Å². The molecule has 32 heavy (non-hydrogen) atoms. The van der Waals surface area contributed by atoms with Crippen LogP contribution in [0, 0.1) is 12.7 Å². The Morgan fingerprint density at radius 1 is 1.09 bits per heavy atom. The topological polar surface area (TPSA) is 110 Å². The average molecular weight is 572 g/mol. The van der Waals surface area contributed by atoms with E-state index in [4.69, 9.17) is 9.56 Å². The Morgan fingerprint density at radius 3 is 2.44 bits per heavy atom. The van der Waals surface area contributed by atoms with Gasteiger partial charge in [-0.3, -0.25) is 0 Å². The Hall–Kier alpha value is -2.44. The van der Waals surface area contributed by atoms with E-state index in [2.05, 4.69) is 15.6 Å². The fraction of sp³-hybridized carbons (Fsp3) is 0.227. The molecule has 4 N–H and O–H groups in total. The van der Waals surface area contributed by atoms with Crippen LogP contribution in [0.15, 0.2) is 75.2 Å². The van der Waals surface area contributed by atoms with Crippen LogP contribution < -0.4 is 15.8 Å². The molecule has 1 heterocycles. The van der Waals surface area contributed by atoms with Crippen LogP contribution in [0.3, 0.4) is 0 Å². The maximum Gasteiger partial charge on any atom is 0.238 e. The second kappa shape index (κ2) is 12.0. The highest BCUT2D eigenvalue weighted by molar-refractivity contribution is 14.0. The van der Waals surface area contributed by atoms with Crippen LogP contribution in [0.5, 0.6) is 0 Å². The van der Waals surface area contributed by atoms with Gasteiger partial charge in [-0.2, -0.15) is 0 Å². The number of rotatable bonds is 8. The summed E-state index contributed by atoms with van der Waals surface area (Å²) in [4.78, 5) is 4.60. The van der Waals surface area contributed by atoms with Crippen molar-refractivity contribution >= 4 is 40.0 Å². The van der Waals surface area contributed by atoms with Crippen LogP contribution in [-0.4, -0.2) is 20.9 Å². The van der Waals surface area contributed by atoms with E-state index in [1.54, 1.807) is 31.4 Å². The predicted molar refractivity (Wildman–Crippen MR) is 133 cm³/mol. The van der Waals surface area contributed by atoms with Crippen LogP contribution in [0.1, 0.15) is 22.5 Å². The number of primary sulfonamides is 1. The maximum atomic E-state index is 13.8. The minimum Gasteiger partial charge on any atom is -0.469 e. The largest absolute Gasteiger partial charge is 0.469 e. The van der Waals surface area contributed by atoms with Crippen molar-refractivity contribution in [1.29, 1.82) is 0 Å². The summed E-state index contributed by atoms with van der Waals surface area (Å²) in [7, 11) is -3.73. The Bertz CT molecular complexity index is 1130. The Morgan fingerprint density at radius 2 is 1.81 bits per heavy atom. The van der Waals surface area contributed by atoms with Crippen molar-refractivity contribution < 1.29 is 17.2 Å². The van der Waals surface area contributed by atoms with Gasteiger partial charge in [-0.1, -0.05) is 24.3 Å². The number of hydrogen-bond acceptors (Lipinski definition) is 4. The predicted octanol–water partition coefficient (Wildman–Crippen LogP) is 3.47. The lowest BCUT2D eigenvalue weighted by Gasteiger charge is -2.13. The van der Waals surface area contributed by atoms with Crippen molar-refractivity contribution in [2.24, 2.45) is 10.1 Å². The molecule has 7 nitrogen and oxygen atoms in total. The average Bonchev–Trinajstić information content (AvgIpc) is 3.25. The number of sulfonamides is 1. The molecule has 0 aliphatic carbocycles. The van der Waals surface area contributed by atoms with E-state index in [0.717, 1.165) is 16.9 Å². The van der Waals surface area contributed by atoms with Gasteiger partial charge in [0.2, 0.25) is 10.0 Å². The van der Waals surface area contributed by atoms with E-state index in [1.807, 2.05) is 18.2 Å². The van der Waals surface area contributed by atoms with Gasteiger partial charge in [0.15, 0.2) is 5.96 Å². The number of aryl methyl sites for hydroxylation is 1. The Balaban J connectivity index is 0.00000363. The molecule has 0 amide bonds. The second-order valence-electron chi connectivity index (χ2n) is 7.05. The van der Waals surface area contributed by atoms with Gasteiger partial charge in [0, 0.05) is 19.5 Å². The fourth-order valence-corrected chi connectivity index (χ4v) is 3.34. The van der Waals surface area contributed by atoms with Gasteiger partial charge in [-0.05, 0) is 53.9 Å². The number of halogens is 2. The molecule has 0 saturated carbocycles. The van der Waals surface area contributed by atoms with Crippen LogP contribution in [0.4, 0.5) is 4.39 Å². The Kier molecular flexibility index (Phi) is 9.66. The first-order chi connectivity index (χ1) is 14.8. The van der Waals surface area contributed by atoms with Crippen LogP contribution in [0.25, 0.3) is 0 Å². The van der Waals surface area contributed by atoms with E-state index in [1.165, 1.54) is 18.2 Å². The summed E-state index contributed by atoms with van der Waals surface area (Å²) in [6.45, 7) is 3.02. The van der Waals surface area contributed by atoms with Gasteiger partial charge in [0.25, 0.3) is 0 Å². The quantitative estimate of drug-likeness (QED) is 0.218. The normalized spacial score (nSPS) is 11.7. The summed E-state index contributed by atoms with van der Waals surface area (Å²) in [6, 6.07) is 15.1. The molecule has 0 unspecified atom stereocenters. The van der Waals surface area contributed by atoms with Crippen molar-refractivity contribution in [3.05, 3.63) is 89.1 Å². The highest BCUT2D eigenvalue weighted by Crippen LogP contribution is 2.11. The smallest absolute Gasteiger partial charge is 0.238 e. The molecule has 0 radical (unpaired) electrons. The molecule has 172 valence electrons. The van der Waals surface area contributed by atoms with Crippen LogP contribution >= 0.6 is 24.0 Å². The molecule has 0 aliphatic heterocycles. The molecule has 0 spiro atoms. The van der Waals surface area contributed by atoms with Gasteiger partial charge < -0.3 is 15.1 Å². The van der Waals surface area contributed by atoms with Crippen LogP contribution in [0.2, 0.25) is 0 Å². The van der Waals surface area contributed by atoms with Crippen molar-refractivity contribution in [2.75, 3.05) is 6.54 Å². The highest BCUT2D eigenvalue weighted by Gasteiger charge is 2.07. The molecule has 1 aromatic heterocycles. The molecular weight excluding hydrogens is 546 g/mol. The van der Waals surface area contributed by atoms with E-state index in [9.17, 15) is 12.8 Å². The number of furan rings is 1. The van der Waals surface area contributed by atoms with Gasteiger partial charge in [0.1, 0.15) is 11.6 Å². The molecule has 2 aromatic carbocycles. The number of nitrogens with two attached hydrogens (primary N) is 1. The number of hydrogen-bond donors (Lipinski definition) is 3. The first kappa shape index (κ1) is 25.8. The summed E-state index contributed by atoms with van der Waals surface area (Å²) in [6.07, 6.45) is 2.30. The third-order valence-electron chi connectivity index (χ3n) is 4.61. The summed E-state index contributed by atoms with van der Waals surface area (Å²) >= 11 is 0. The molecule has 0 atom stereocenters. The molecule has 3 aromatic rings. The first-order valence-corrected chi connectivity index (χ1v) is 11.3. The molecule has 3 rings (SSSR count). The SMILES string of the molecule is Cc1ccc(CN=C(NCCc2ccco2)NCc2ccc(S(N)(=O)=O)cc2)cc1F.I. The van der Waals surface area contributed by atoms with Crippen molar-refractivity contribution in [2.45, 2.75) is 31.3 Å². The molecule has 10 heteroatoms. The summed E-state index contributed by atoms with van der Waals surface area (Å²) in [5, 5.41) is 11.6. The van der Waals surface area contributed by atoms with Gasteiger partial charge in [-0.15, -0.1) is 24.0 Å². The maximum absolute atomic E-state index is 13.8. The minimum atomic E-state index is -3.73. The lowest BCUT2D eigenvalue weighted by molar-refractivity contribution is 0.506. The molecule has 0 aliphatic rings. The lowest BCUT2D eigenvalue weighted by atomic mass is 10.1. The standard InChI is InChI=1S/C22H25FN4O3S.HI/c1-16-4-5-18(13-21(16)23)15-27-22(25-11-10-19-3-2-12-30-19)26-14-17-6-8-20(9-7-17)31(24,28)29;/h2-9,12-13H,10-11,14-15H2,1H3,(H2,24,28,29)(H2,25,26,27);1H. The van der Waals surface area contributed by atoms with Gasteiger partial charge >= 0.3 is 0 Å². The van der Waals surface area contributed by atoms with Crippen molar-refractivity contribution in [1.82, 2.24) is 10.6 Å². The summed E-state index contributed by atoms with van der Waals surface area (Å²) < 4.78 is 41.9.